The summed E-state index contributed by atoms with van der Waals surface area (Å²) in [6, 6.07) is 15.8. The summed E-state index contributed by atoms with van der Waals surface area (Å²) >= 11 is 7.61. The van der Waals surface area contributed by atoms with Crippen LogP contribution < -0.4 is 5.32 Å². The first-order chi connectivity index (χ1) is 16.9. The molecule has 4 aromatic rings. The van der Waals surface area contributed by atoms with Crippen molar-refractivity contribution in [2.24, 2.45) is 13.0 Å². The number of hydrogen-bond donors (Lipinski definition) is 1. The number of hydrogen-bond acceptors (Lipinski definition) is 7. The van der Waals surface area contributed by atoms with Crippen LogP contribution in [0.1, 0.15) is 41.6 Å². The summed E-state index contributed by atoms with van der Waals surface area (Å²) in [5.74, 6) is 0.879. The van der Waals surface area contributed by atoms with Gasteiger partial charge in [0.1, 0.15) is 0 Å². The number of rotatable bonds is 7. The number of aromatic nitrogens is 5. The van der Waals surface area contributed by atoms with Crippen molar-refractivity contribution >= 4 is 34.0 Å². The molecule has 0 saturated carbocycles. The Hall–Kier alpha value is -3.14. The molecular formula is C25H26ClN7OS. The molecule has 0 radical (unpaired) electrons. The molecule has 1 aliphatic heterocycles. The first-order valence-electron chi connectivity index (χ1n) is 11.5. The maximum absolute atomic E-state index is 12.7. The number of nitrogens with zero attached hydrogens (tertiary/aromatic N) is 6. The lowest BCUT2D eigenvalue weighted by Gasteiger charge is -2.27. The Morgan fingerprint density at radius 2 is 1.86 bits per heavy atom. The van der Waals surface area contributed by atoms with Crippen LogP contribution in [0.5, 0.6) is 0 Å². The number of anilines is 1. The van der Waals surface area contributed by atoms with Gasteiger partial charge in [-0.15, -0.1) is 21.5 Å². The highest BCUT2D eigenvalue weighted by Crippen LogP contribution is 2.43. The van der Waals surface area contributed by atoms with E-state index < -0.39 is 0 Å². The molecule has 1 amide bonds. The van der Waals surface area contributed by atoms with Crippen LogP contribution in [-0.2, 0) is 31.4 Å². The van der Waals surface area contributed by atoms with E-state index in [1.54, 1.807) is 18.4 Å². The largest absolute Gasteiger partial charge is 0.302 e. The van der Waals surface area contributed by atoms with E-state index in [1.165, 1.54) is 15.2 Å². The van der Waals surface area contributed by atoms with Gasteiger partial charge in [-0.3, -0.25) is 9.69 Å². The van der Waals surface area contributed by atoms with Gasteiger partial charge >= 0.3 is 0 Å². The SMILES string of the molecule is CC(C)[C@H]1c2nc(NC(=O)Cc3ccc(-c4nnn(C)n4)cc3)sc2CN1Cc1ccc(Cl)cc1. The van der Waals surface area contributed by atoms with E-state index in [1.807, 2.05) is 36.4 Å². The zero-order chi connectivity index (χ0) is 24.5. The molecule has 10 heteroatoms. The molecule has 0 unspecified atom stereocenters. The number of halogens is 1. The Kier molecular flexibility index (Phi) is 6.64. The highest BCUT2D eigenvalue weighted by molar-refractivity contribution is 7.15. The summed E-state index contributed by atoms with van der Waals surface area (Å²) < 4.78 is 0. The number of amides is 1. The molecule has 8 nitrogen and oxygen atoms in total. The van der Waals surface area contributed by atoms with E-state index in [0.717, 1.165) is 34.9 Å². The van der Waals surface area contributed by atoms with Crippen LogP contribution in [0, 0.1) is 5.92 Å². The van der Waals surface area contributed by atoms with Crippen LogP contribution >= 0.6 is 22.9 Å². The lowest BCUT2D eigenvalue weighted by Crippen LogP contribution is -2.26. The van der Waals surface area contributed by atoms with Crippen LogP contribution in [0.4, 0.5) is 5.13 Å². The Labute approximate surface area is 212 Å². The standard InChI is InChI=1S/C25H26ClN7OS/c1-15(2)23-22-20(14-33(23)13-17-6-10-19(26)11-7-17)35-25(28-22)27-21(34)12-16-4-8-18(9-5-16)24-29-31-32(3)30-24/h4-11,15,23H,12-14H2,1-3H3,(H,27,28,34)/t23-/m0/s1. The second-order valence-corrected chi connectivity index (χ2v) is 10.6. The quantitative estimate of drug-likeness (QED) is 0.383. The minimum Gasteiger partial charge on any atom is -0.302 e. The van der Waals surface area contributed by atoms with Gasteiger partial charge in [-0.2, -0.15) is 4.80 Å². The summed E-state index contributed by atoms with van der Waals surface area (Å²) in [5.41, 5.74) is 4.08. The number of benzene rings is 2. The summed E-state index contributed by atoms with van der Waals surface area (Å²) in [4.78, 5) is 22.6. The molecule has 2 aromatic carbocycles. The molecule has 1 atom stereocenters. The third kappa shape index (κ3) is 5.27. The van der Waals surface area contributed by atoms with Crippen molar-refractivity contribution in [3.63, 3.8) is 0 Å². The van der Waals surface area contributed by atoms with Gasteiger partial charge < -0.3 is 5.32 Å². The molecule has 5 rings (SSSR count). The van der Waals surface area contributed by atoms with Gasteiger partial charge in [0.15, 0.2) is 5.13 Å². The van der Waals surface area contributed by atoms with Gasteiger partial charge in [0.25, 0.3) is 0 Å². The average molecular weight is 508 g/mol. The first kappa shape index (κ1) is 23.6. The van der Waals surface area contributed by atoms with Crippen LogP contribution in [0.3, 0.4) is 0 Å². The number of thiazole rings is 1. The predicted molar refractivity (Wildman–Crippen MR) is 137 cm³/mol. The lowest BCUT2D eigenvalue weighted by molar-refractivity contribution is -0.115. The molecule has 0 spiro atoms. The number of fused-ring (bicyclic) bond motifs is 1. The minimum absolute atomic E-state index is 0.0816. The highest BCUT2D eigenvalue weighted by atomic mass is 35.5. The molecule has 35 heavy (non-hydrogen) atoms. The highest BCUT2D eigenvalue weighted by Gasteiger charge is 2.36. The minimum atomic E-state index is -0.0816. The number of carbonyl (C=O) groups is 1. The summed E-state index contributed by atoms with van der Waals surface area (Å²) in [6.07, 6.45) is 0.273. The lowest BCUT2D eigenvalue weighted by atomic mass is 10.0. The fourth-order valence-corrected chi connectivity index (χ4v) is 5.62. The Morgan fingerprint density at radius 1 is 1.14 bits per heavy atom. The molecule has 3 heterocycles. The van der Waals surface area contributed by atoms with Gasteiger partial charge in [0, 0.05) is 28.6 Å². The van der Waals surface area contributed by atoms with Gasteiger partial charge in [0.05, 0.1) is 25.2 Å². The van der Waals surface area contributed by atoms with Crippen LogP contribution in [0.2, 0.25) is 5.02 Å². The smallest absolute Gasteiger partial charge is 0.230 e. The maximum Gasteiger partial charge on any atom is 0.230 e. The van der Waals surface area contributed by atoms with E-state index in [4.69, 9.17) is 16.6 Å². The molecule has 0 bridgehead atoms. The van der Waals surface area contributed by atoms with E-state index >= 15 is 0 Å². The normalized spacial score (nSPS) is 15.5. The number of carbonyl (C=O) groups excluding carboxylic acids is 1. The van der Waals surface area contributed by atoms with E-state index in [9.17, 15) is 4.79 Å². The molecule has 0 saturated heterocycles. The second kappa shape index (κ2) is 9.85. The molecular weight excluding hydrogens is 482 g/mol. The van der Waals surface area contributed by atoms with Crippen molar-refractivity contribution < 1.29 is 4.79 Å². The van der Waals surface area contributed by atoms with Gasteiger partial charge in [0.2, 0.25) is 11.7 Å². The second-order valence-electron chi connectivity index (χ2n) is 9.07. The van der Waals surface area contributed by atoms with Crippen molar-refractivity contribution in [3.8, 4) is 11.4 Å². The molecule has 2 aromatic heterocycles. The third-order valence-electron chi connectivity index (χ3n) is 6.01. The van der Waals surface area contributed by atoms with Crippen molar-refractivity contribution in [2.75, 3.05) is 5.32 Å². The fraction of sp³-hybridized carbons (Fsp3) is 0.320. The van der Waals surface area contributed by atoms with Crippen LogP contribution in [0.25, 0.3) is 11.4 Å². The van der Waals surface area contributed by atoms with E-state index in [-0.39, 0.29) is 18.4 Å². The van der Waals surface area contributed by atoms with Gasteiger partial charge in [-0.1, -0.05) is 61.8 Å². The van der Waals surface area contributed by atoms with E-state index in [0.29, 0.717) is 16.9 Å². The number of aryl methyl sites for hydroxylation is 1. The van der Waals surface area contributed by atoms with Crippen molar-refractivity contribution in [2.45, 2.75) is 39.4 Å². The van der Waals surface area contributed by atoms with Crippen LogP contribution in [0.15, 0.2) is 48.5 Å². The molecule has 1 N–H and O–H groups in total. The number of tetrazole rings is 1. The third-order valence-corrected chi connectivity index (χ3v) is 7.23. The van der Waals surface area contributed by atoms with Crippen molar-refractivity contribution in [1.82, 2.24) is 30.1 Å². The van der Waals surface area contributed by atoms with Crippen LogP contribution in [-0.4, -0.2) is 36.0 Å². The van der Waals surface area contributed by atoms with Gasteiger partial charge in [-0.25, -0.2) is 4.98 Å². The molecule has 180 valence electrons. The van der Waals surface area contributed by atoms with E-state index in [2.05, 4.69) is 51.6 Å². The Balaban J connectivity index is 1.23. The van der Waals surface area contributed by atoms with Crippen molar-refractivity contribution in [1.29, 1.82) is 0 Å². The molecule has 0 fully saturated rings. The maximum atomic E-state index is 12.7. The average Bonchev–Trinajstić information content (AvgIpc) is 3.49. The van der Waals surface area contributed by atoms with Crippen molar-refractivity contribution in [3.05, 3.63) is 75.3 Å². The zero-order valence-corrected chi connectivity index (χ0v) is 21.3. The first-order valence-corrected chi connectivity index (χ1v) is 12.7. The zero-order valence-electron chi connectivity index (χ0n) is 19.8. The topological polar surface area (TPSA) is 88.8 Å². The molecule has 0 aliphatic carbocycles. The Morgan fingerprint density at radius 3 is 2.51 bits per heavy atom. The summed E-state index contributed by atoms with van der Waals surface area (Å²) in [7, 11) is 1.73. The fourth-order valence-electron chi connectivity index (χ4n) is 4.45. The predicted octanol–water partition coefficient (Wildman–Crippen LogP) is 4.88. The molecule has 1 aliphatic rings. The summed E-state index contributed by atoms with van der Waals surface area (Å²) in [6.45, 7) is 6.09. The van der Waals surface area contributed by atoms with Gasteiger partial charge in [-0.05, 0) is 34.4 Å². The monoisotopic (exact) mass is 507 g/mol. The Bertz CT molecular complexity index is 1330. The summed E-state index contributed by atoms with van der Waals surface area (Å²) in [5, 5.41) is 16.5. The number of nitrogens with one attached hydrogen (secondary N) is 1.